The maximum atomic E-state index is 11.9. The van der Waals surface area contributed by atoms with E-state index in [1.54, 1.807) is 31.2 Å². The Morgan fingerprint density at radius 2 is 1.83 bits per heavy atom. The average molecular weight is 338 g/mol. The molecule has 7 nitrogen and oxygen atoms in total. The molecule has 126 valence electrons. The van der Waals surface area contributed by atoms with Crippen molar-refractivity contribution < 1.29 is 12.8 Å². The van der Waals surface area contributed by atoms with Crippen molar-refractivity contribution in [1.29, 1.82) is 0 Å². The summed E-state index contributed by atoms with van der Waals surface area (Å²) in [6.45, 7) is 5.61. The summed E-state index contributed by atoms with van der Waals surface area (Å²) in [6.07, 6.45) is 1.49. The Hall–Kier alpha value is -2.09. The molecule has 1 aromatic carbocycles. The SMILES string of the molecule is CCCCS(=O)(=O)Nc1ccc(NC(C)c2nnc(C)o2)cc1. The fraction of sp³-hybridized carbons (Fsp3) is 0.467. The van der Waals surface area contributed by atoms with Crippen LogP contribution in [0.25, 0.3) is 0 Å². The van der Waals surface area contributed by atoms with Gasteiger partial charge in [-0.15, -0.1) is 10.2 Å². The van der Waals surface area contributed by atoms with E-state index in [0.717, 1.165) is 12.1 Å². The number of aromatic nitrogens is 2. The van der Waals surface area contributed by atoms with Crippen molar-refractivity contribution in [3.63, 3.8) is 0 Å². The lowest BCUT2D eigenvalue weighted by atomic mass is 10.2. The molecule has 0 saturated carbocycles. The Bertz CT molecular complexity index is 725. The number of unbranched alkanes of at least 4 members (excludes halogenated alkanes) is 1. The van der Waals surface area contributed by atoms with Crippen molar-refractivity contribution in [1.82, 2.24) is 10.2 Å². The van der Waals surface area contributed by atoms with E-state index in [2.05, 4.69) is 20.2 Å². The van der Waals surface area contributed by atoms with Gasteiger partial charge in [0.25, 0.3) is 0 Å². The number of anilines is 2. The molecular weight excluding hydrogens is 316 g/mol. The zero-order chi connectivity index (χ0) is 16.9. The van der Waals surface area contributed by atoms with Gasteiger partial charge in [0.1, 0.15) is 6.04 Å². The van der Waals surface area contributed by atoms with Crippen molar-refractivity contribution in [2.75, 3.05) is 15.8 Å². The zero-order valence-corrected chi connectivity index (χ0v) is 14.4. The first-order valence-corrected chi connectivity index (χ1v) is 9.22. The smallest absolute Gasteiger partial charge is 0.238 e. The second kappa shape index (κ2) is 7.45. The molecule has 23 heavy (non-hydrogen) atoms. The highest BCUT2D eigenvalue weighted by molar-refractivity contribution is 7.92. The molecule has 0 aliphatic heterocycles. The molecule has 8 heteroatoms. The first-order valence-electron chi connectivity index (χ1n) is 7.56. The van der Waals surface area contributed by atoms with E-state index < -0.39 is 10.0 Å². The lowest BCUT2D eigenvalue weighted by Gasteiger charge is -2.12. The molecule has 0 aliphatic rings. The summed E-state index contributed by atoms with van der Waals surface area (Å²) in [5.41, 5.74) is 1.39. The quantitative estimate of drug-likeness (QED) is 0.767. The van der Waals surface area contributed by atoms with Crippen LogP contribution in [0.2, 0.25) is 0 Å². The average Bonchev–Trinajstić information content (AvgIpc) is 2.94. The maximum Gasteiger partial charge on any atom is 0.238 e. The predicted molar refractivity (Wildman–Crippen MR) is 89.8 cm³/mol. The number of hydrogen-bond donors (Lipinski definition) is 2. The molecule has 0 saturated heterocycles. The Balaban J connectivity index is 1.96. The van der Waals surface area contributed by atoms with Crippen LogP contribution in [0.5, 0.6) is 0 Å². The van der Waals surface area contributed by atoms with E-state index in [1.807, 2.05) is 13.8 Å². The fourth-order valence-electron chi connectivity index (χ4n) is 2.00. The molecule has 1 aromatic heterocycles. The second-order valence-corrected chi connectivity index (χ2v) is 7.22. The van der Waals surface area contributed by atoms with Gasteiger partial charge in [-0.25, -0.2) is 8.42 Å². The molecule has 0 spiro atoms. The van der Waals surface area contributed by atoms with E-state index in [-0.39, 0.29) is 11.8 Å². The van der Waals surface area contributed by atoms with Crippen LogP contribution < -0.4 is 10.0 Å². The second-order valence-electron chi connectivity index (χ2n) is 5.38. The Kier molecular flexibility index (Phi) is 5.59. The van der Waals surface area contributed by atoms with Gasteiger partial charge in [0.15, 0.2) is 0 Å². The Labute approximate surface area is 136 Å². The topological polar surface area (TPSA) is 97.1 Å². The van der Waals surface area contributed by atoms with Crippen LogP contribution in [-0.4, -0.2) is 24.4 Å². The lowest BCUT2D eigenvalue weighted by Crippen LogP contribution is -2.16. The third-order valence-corrected chi connectivity index (χ3v) is 4.59. The first kappa shape index (κ1) is 17.3. The normalized spacial score (nSPS) is 12.8. The standard InChI is InChI=1S/C15H22N4O3S/c1-4-5-10-23(20,21)19-14-8-6-13(7-9-14)16-11(2)15-18-17-12(3)22-15/h6-9,11,16,19H,4-5,10H2,1-3H3. The van der Waals surface area contributed by atoms with Gasteiger partial charge in [-0.05, 0) is 37.6 Å². The van der Waals surface area contributed by atoms with E-state index in [1.165, 1.54) is 0 Å². The molecule has 2 aromatic rings. The van der Waals surface area contributed by atoms with Gasteiger partial charge in [0.05, 0.1) is 5.75 Å². The van der Waals surface area contributed by atoms with Gasteiger partial charge in [-0.1, -0.05) is 13.3 Å². The number of aryl methyl sites for hydroxylation is 1. The fourth-order valence-corrected chi connectivity index (χ4v) is 3.26. The third-order valence-electron chi connectivity index (χ3n) is 3.22. The highest BCUT2D eigenvalue weighted by Gasteiger charge is 2.13. The number of benzene rings is 1. The molecule has 0 fully saturated rings. The minimum Gasteiger partial charge on any atom is -0.423 e. The number of sulfonamides is 1. The van der Waals surface area contributed by atoms with Crippen molar-refractivity contribution in [2.45, 2.75) is 39.7 Å². The molecule has 1 unspecified atom stereocenters. The van der Waals surface area contributed by atoms with Gasteiger partial charge in [-0.3, -0.25) is 4.72 Å². The van der Waals surface area contributed by atoms with Crippen molar-refractivity contribution >= 4 is 21.4 Å². The summed E-state index contributed by atoms with van der Waals surface area (Å²) in [7, 11) is -3.28. The molecular formula is C15H22N4O3S. The minimum absolute atomic E-state index is 0.136. The van der Waals surface area contributed by atoms with Crippen molar-refractivity contribution in [3.8, 4) is 0 Å². The van der Waals surface area contributed by atoms with Crippen LogP contribution in [0.1, 0.15) is 44.5 Å². The highest BCUT2D eigenvalue weighted by Crippen LogP contribution is 2.20. The number of rotatable bonds is 8. The summed E-state index contributed by atoms with van der Waals surface area (Å²) in [4.78, 5) is 0. The molecule has 0 aliphatic carbocycles. The van der Waals surface area contributed by atoms with Gasteiger partial charge in [0.2, 0.25) is 21.8 Å². The van der Waals surface area contributed by atoms with Gasteiger partial charge < -0.3 is 9.73 Å². The molecule has 1 heterocycles. The largest absolute Gasteiger partial charge is 0.423 e. The number of nitrogens with zero attached hydrogens (tertiary/aromatic N) is 2. The third kappa shape index (κ3) is 5.24. The molecule has 1 atom stereocenters. The van der Waals surface area contributed by atoms with Gasteiger partial charge >= 0.3 is 0 Å². The summed E-state index contributed by atoms with van der Waals surface area (Å²) < 4.78 is 31.6. The lowest BCUT2D eigenvalue weighted by molar-refractivity contribution is 0.451. The summed E-state index contributed by atoms with van der Waals surface area (Å²) in [5, 5.41) is 11.0. The van der Waals surface area contributed by atoms with Crippen LogP contribution in [0.3, 0.4) is 0 Å². The van der Waals surface area contributed by atoms with Crippen LogP contribution >= 0.6 is 0 Å². The van der Waals surface area contributed by atoms with E-state index >= 15 is 0 Å². The Morgan fingerprint density at radius 1 is 1.17 bits per heavy atom. The monoisotopic (exact) mass is 338 g/mol. The van der Waals surface area contributed by atoms with E-state index in [4.69, 9.17) is 4.42 Å². The van der Waals surface area contributed by atoms with Crippen molar-refractivity contribution in [2.24, 2.45) is 0 Å². The van der Waals surface area contributed by atoms with Crippen molar-refractivity contribution in [3.05, 3.63) is 36.0 Å². The van der Waals surface area contributed by atoms with E-state index in [0.29, 0.717) is 23.9 Å². The predicted octanol–water partition coefficient (Wildman–Crippen LogP) is 3.09. The van der Waals surface area contributed by atoms with Gasteiger partial charge in [0, 0.05) is 18.3 Å². The maximum absolute atomic E-state index is 11.9. The number of nitrogens with one attached hydrogen (secondary N) is 2. The van der Waals surface area contributed by atoms with Crippen LogP contribution in [-0.2, 0) is 10.0 Å². The molecule has 2 rings (SSSR count). The van der Waals surface area contributed by atoms with Gasteiger partial charge in [-0.2, -0.15) is 0 Å². The molecule has 0 amide bonds. The Morgan fingerprint density at radius 3 is 2.39 bits per heavy atom. The number of hydrogen-bond acceptors (Lipinski definition) is 6. The zero-order valence-electron chi connectivity index (χ0n) is 13.5. The molecule has 0 bridgehead atoms. The first-order chi connectivity index (χ1) is 10.9. The summed E-state index contributed by atoms with van der Waals surface area (Å²) in [6, 6.07) is 6.91. The molecule has 2 N–H and O–H groups in total. The summed E-state index contributed by atoms with van der Waals surface area (Å²) in [5.74, 6) is 1.16. The van der Waals surface area contributed by atoms with Crippen LogP contribution in [0.15, 0.2) is 28.7 Å². The van der Waals surface area contributed by atoms with Crippen LogP contribution in [0, 0.1) is 6.92 Å². The highest BCUT2D eigenvalue weighted by atomic mass is 32.2. The minimum atomic E-state index is -3.28. The van der Waals surface area contributed by atoms with Crippen LogP contribution in [0.4, 0.5) is 11.4 Å². The summed E-state index contributed by atoms with van der Waals surface area (Å²) >= 11 is 0. The molecule has 0 radical (unpaired) electrons. The van der Waals surface area contributed by atoms with E-state index in [9.17, 15) is 8.42 Å².